The first-order chi connectivity index (χ1) is 11.8. The van der Waals surface area contributed by atoms with E-state index in [4.69, 9.17) is 9.47 Å². The summed E-state index contributed by atoms with van der Waals surface area (Å²) < 4.78 is 12.1. The highest BCUT2D eigenvalue weighted by Crippen LogP contribution is 2.61. The van der Waals surface area contributed by atoms with Crippen molar-refractivity contribution >= 4 is 12.1 Å². The van der Waals surface area contributed by atoms with Crippen LogP contribution in [0, 0.1) is 23.2 Å². The molecular weight excluding hydrogens is 330 g/mol. The van der Waals surface area contributed by atoms with Crippen LogP contribution in [0.15, 0.2) is 11.8 Å². The van der Waals surface area contributed by atoms with E-state index in [9.17, 15) is 9.59 Å². The number of rotatable bonds is 2. The second-order valence-electron chi connectivity index (χ2n) is 10.8. The molecule has 0 radical (unpaired) electrons. The summed E-state index contributed by atoms with van der Waals surface area (Å²) in [6.07, 6.45) is 3.26. The molecule has 0 aromatic carbocycles. The number of esters is 1. The number of nitrogens with zero attached hydrogens (tertiary/aromatic N) is 1. The summed E-state index contributed by atoms with van der Waals surface area (Å²) in [4.78, 5) is 25.6. The van der Waals surface area contributed by atoms with E-state index < -0.39 is 5.60 Å². The summed E-state index contributed by atoms with van der Waals surface area (Å²) in [5.41, 5.74) is 0.277. The molecule has 6 unspecified atom stereocenters. The van der Waals surface area contributed by atoms with Crippen molar-refractivity contribution in [3.63, 3.8) is 0 Å². The minimum atomic E-state index is -0.639. The number of hydrogen-bond donors (Lipinski definition) is 0. The van der Waals surface area contributed by atoms with E-state index in [1.165, 1.54) is 5.57 Å². The molecule has 5 nitrogen and oxygen atoms in total. The van der Waals surface area contributed by atoms with E-state index in [-0.39, 0.29) is 51.4 Å². The lowest BCUT2D eigenvalue weighted by atomic mass is 9.79. The average Bonchev–Trinajstić information content (AvgIpc) is 3.08. The van der Waals surface area contributed by atoms with Crippen molar-refractivity contribution in [2.75, 3.05) is 6.54 Å². The first-order valence-electron chi connectivity index (χ1n) is 9.84. The molecule has 3 fully saturated rings. The molecule has 0 aromatic rings. The molecule has 0 N–H and O–H groups in total. The predicted molar refractivity (Wildman–Crippen MR) is 96.9 cm³/mol. The number of amides is 1. The Kier molecular flexibility index (Phi) is 3.41. The number of carbonyl (C=O) groups excluding carboxylic acids is 2. The van der Waals surface area contributed by atoms with Crippen molar-refractivity contribution in [2.24, 2.45) is 23.2 Å². The van der Waals surface area contributed by atoms with Crippen LogP contribution in [0.2, 0.25) is 0 Å². The van der Waals surface area contributed by atoms with E-state index in [1.807, 2.05) is 13.1 Å². The largest absolute Gasteiger partial charge is 0.521 e. The maximum atomic E-state index is 13.5. The smallest absolute Gasteiger partial charge is 0.455 e. The zero-order valence-electron chi connectivity index (χ0n) is 17.1. The van der Waals surface area contributed by atoms with E-state index >= 15 is 0 Å². The summed E-state index contributed by atoms with van der Waals surface area (Å²) in [5.74, 6) is 0.363. The van der Waals surface area contributed by atoms with E-state index in [1.54, 1.807) is 0 Å². The molecule has 2 saturated carbocycles. The summed E-state index contributed by atoms with van der Waals surface area (Å²) in [5, 5.41) is 0. The van der Waals surface area contributed by atoms with Crippen LogP contribution in [-0.2, 0) is 14.3 Å². The Labute approximate surface area is 156 Å². The minimum absolute atomic E-state index is 0.0141. The van der Waals surface area contributed by atoms with Gasteiger partial charge in [0.25, 0.3) is 0 Å². The van der Waals surface area contributed by atoms with Gasteiger partial charge in [0, 0.05) is 22.8 Å². The van der Waals surface area contributed by atoms with Gasteiger partial charge in [0.1, 0.15) is 11.7 Å². The van der Waals surface area contributed by atoms with Gasteiger partial charge in [0.2, 0.25) is 0 Å². The summed E-state index contributed by atoms with van der Waals surface area (Å²) in [6.45, 7) is 15.4. The lowest BCUT2D eigenvalue weighted by Crippen LogP contribution is -2.71. The molecular formula is C21H32NO4+. The fraction of sp³-hybridized carbons (Fsp3) is 0.810. The molecule has 2 bridgehead atoms. The number of fused-ring (bicyclic) bond motifs is 1. The highest BCUT2D eigenvalue weighted by atomic mass is 16.6. The van der Waals surface area contributed by atoms with Crippen LogP contribution in [-0.4, -0.2) is 40.3 Å². The molecule has 4 rings (SSSR count). The summed E-state index contributed by atoms with van der Waals surface area (Å²) >= 11 is 0. The van der Waals surface area contributed by atoms with Crippen LogP contribution in [0.1, 0.15) is 61.3 Å². The van der Waals surface area contributed by atoms with Crippen molar-refractivity contribution in [1.29, 1.82) is 0 Å². The summed E-state index contributed by atoms with van der Waals surface area (Å²) in [6, 6.07) is 0. The normalized spacial score (nSPS) is 45.2. The molecule has 0 aromatic heterocycles. The maximum absolute atomic E-state index is 13.5. The average molecular weight is 362 g/mol. The molecule has 144 valence electrons. The maximum Gasteiger partial charge on any atom is 0.521 e. The molecule has 2 aliphatic carbocycles. The van der Waals surface area contributed by atoms with Crippen molar-refractivity contribution in [1.82, 2.24) is 0 Å². The van der Waals surface area contributed by atoms with Crippen LogP contribution in [0.3, 0.4) is 0 Å². The molecule has 2 aliphatic heterocycles. The Balaban J connectivity index is 1.62. The van der Waals surface area contributed by atoms with Crippen LogP contribution in [0.25, 0.3) is 0 Å². The van der Waals surface area contributed by atoms with E-state index in [2.05, 4.69) is 41.5 Å². The molecule has 4 aliphatic rings. The number of hydrogen-bond acceptors (Lipinski definition) is 4. The molecule has 2 heterocycles. The molecule has 1 saturated heterocycles. The quantitative estimate of drug-likeness (QED) is 0.550. The van der Waals surface area contributed by atoms with Crippen molar-refractivity contribution in [3.8, 4) is 0 Å². The highest BCUT2D eigenvalue weighted by Gasteiger charge is 2.71. The fourth-order valence-electron chi connectivity index (χ4n) is 5.97. The van der Waals surface area contributed by atoms with Crippen molar-refractivity contribution in [2.45, 2.75) is 78.6 Å². The monoisotopic (exact) mass is 362 g/mol. The SMILES string of the molecule is CC1=C[N+](CC(C)(C)C)(C(=O)OC2C3CC4C(=O)OC2(C)C4C3)C1(C)C. The van der Waals surface area contributed by atoms with Crippen LogP contribution >= 0.6 is 0 Å². The molecule has 6 atom stereocenters. The van der Waals surface area contributed by atoms with Gasteiger partial charge in [-0.15, -0.1) is 0 Å². The second-order valence-corrected chi connectivity index (χ2v) is 10.8. The van der Waals surface area contributed by atoms with Crippen LogP contribution in [0.5, 0.6) is 0 Å². The van der Waals surface area contributed by atoms with Gasteiger partial charge >= 0.3 is 12.1 Å². The van der Waals surface area contributed by atoms with Gasteiger partial charge in [-0.1, -0.05) is 20.8 Å². The Morgan fingerprint density at radius 1 is 1.31 bits per heavy atom. The molecule has 1 amide bonds. The third-order valence-corrected chi connectivity index (χ3v) is 7.61. The van der Waals surface area contributed by atoms with Gasteiger partial charge < -0.3 is 9.47 Å². The standard InChI is InChI=1S/C21H32NO4/c1-12-10-22(20(12,5)6,11-19(2,3)4)18(24)25-16-13-8-14-15(9-13)21(16,7)26-17(14)23/h10,13-16H,8-9,11H2,1-7H3/q+1. The molecule has 5 heteroatoms. The Hall–Kier alpha value is -1.36. The number of quaternary nitrogens is 1. The number of carbonyl (C=O) groups is 2. The minimum Gasteiger partial charge on any atom is -0.455 e. The predicted octanol–water partition coefficient (Wildman–Crippen LogP) is 4.02. The van der Waals surface area contributed by atoms with Gasteiger partial charge in [-0.05, 0) is 40.5 Å². The zero-order valence-corrected chi connectivity index (χ0v) is 17.1. The van der Waals surface area contributed by atoms with Crippen LogP contribution in [0.4, 0.5) is 4.79 Å². The number of ether oxygens (including phenoxy) is 2. The van der Waals surface area contributed by atoms with Gasteiger partial charge in [-0.2, -0.15) is 9.28 Å². The Bertz CT molecular complexity index is 718. The van der Waals surface area contributed by atoms with Gasteiger partial charge in [-0.3, -0.25) is 4.79 Å². The lowest BCUT2D eigenvalue weighted by Gasteiger charge is -2.53. The highest BCUT2D eigenvalue weighted by molar-refractivity contribution is 5.78. The fourth-order valence-corrected chi connectivity index (χ4v) is 5.97. The molecule has 26 heavy (non-hydrogen) atoms. The van der Waals surface area contributed by atoms with E-state index in [0.717, 1.165) is 12.8 Å². The van der Waals surface area contributed by atoms with Crippen LogP contribution < -0.4 is 0 Å². The second kappa shape index (κ2) is 4.92. The van der Waals surface area contributed by atoms with Crippen molar-refractivity contribution < 1.29 is 23.5 Å². The summed E-state index contributed by atoms with van der Waals surface area (Å²) in [7, 11) is 0. The lowest BCUT2D eigenvalue weighted by molar-refractivity contribution is -0.879. The van der Waals surface area contributed by atoms with Gasteiger partial charge in [0.15, 0.2) is 11.7 Å². The first-order valence-corrected chi connectivity index (χ1v) is 9.84. The van der Waals surface area contributed by atoms with Gasteiger partial charge in [0.05, 0.1) is 12.5 Å². The first kappa shape index (κ1) is 18.0. The molecule has 0 spiro atoms. The topological polar surface area (TPSA) is 52.6 Å². The third kappa shape index (κ3) is 2.07. The van der Waals surface area contributed by atoms with E-state index in [0.29, 0.717) is 6.54 Å². The Morgan fingerprint density at radius 2 is 1.96 bits per heavy atom. The Morgan fingerprint density at radius 3 is 2.50 bits per heavy atom. The third-order valence-electron chi connectivity index (χ3n) is 7.61. The van der Waals surface area contributed by atoms with Crippen molar-refractivity contribution in [3.05, 3.63) is 11.8 Å². The van der Waals surface area contributed by atoms with Gasteiger partial charge in [-0.25, -0.2) is 0 Å². The zero-order chi connectivity index (χ0) is 19.3.